The SMILES string of the molecule is CS(=O)(=O)N1CCCCC1C(=O)Nc1cccc(N2C(=O)c3ccccc3C2=O)c1. The predicted molar refractivity (Wildman–Crippen MR) is 112 cm³/mol. The van der Waals surface area contributed by atoms with Crippen molar-refractivity contribution in [1.82, 2.24) is 4.31 Å². The molecule has 1 unspecified atom stereocenters. The number of fused-ring (bicyclic) bond motifs is 1. The molecule has 0 radical (unpaired) electrons. The minimum atomic E-state index is -3.50. The zero-order chi connectivity index (χ0) is 21.5. The van der Waals surface area contributed by atoms with Crippen molar-refractivity contribution < 1.29 is 22.8 Å². The first-order valence-electron chi connectivity index (χ1n) is 9.63. The van der Waals surface area contributed by atoms with E-state index in [1.807, 2.05) is 0 Å². The molecule has 1 fully saturated rings. The molecular weight excluding hydrogens is 406 g/mol. The summed E-state index contributed by atoms with van der Waals surface area (Å²) in [5, 5.41) is 2.73. The Morgan fingerprint density at radius 1 is 1.00 bits per heavy atom. The average molecular weight is 427 g/mol. The predicted octanol–water partition coefficient (Wildman–Crippen LogP) is 2.24. The lowest BCUT2D eigenvalue weighted by Crippen LogP contribution is -2.49. The van der Waals surface area contributed by atoms with Gasteiger partial charge in [-0.3, -0.25) is 14.4 Å². The summed E-state index contributed by atoms with van der Waals surface area (Å²) in [5.74, 6) is -1.27. The molecule has 1 N–H and O–H groups in total. The Balaban J connectivity index is 1.57. The Bertz CT molecular complexity index is 1110. The van der Waals surface area contributed by atoms with Crippen LogP contribution in [0.4, 0.5) is 11.4 Å². The number of hydrogen-bond acceptors (Lipinski definition) is 5. The lowest BCUT2D eigenvalue weighted by Gasteiger charge is -2.32. The van der Waals surface area contributed by atoms with Gasteiger partial charge in [-0.25, -0.2) is 13.3 Å². The highest BCUT2D eigenvalue weighted by molar-refractivity contribution is 7.88. The van der Waals surface area contributed by atoms with Crippen LogP contribution in [0.1, 0.15) is 40.0 Å². The molecule has 8 nitrogen and oxygen atoms in total. The normalized spacial score (nSPS) is 19.6. The summed E-state index contributed by atoms with van der Waals surface area (Å²) >= 11 is 0. The highest BCUT2D eigenvalue weighted by atomic mass is 32.2. The number of nitrogens with one attached hydrogen (secondary N) is 1. The lowest BCUT2D eigenvalue weighted by molar-refractivity contribution is -0.120. The summed E-state index contributed by atoms with van der Waals surface area (Å²) in [6, 6.07) is 12.2. The summed E-state index contributed by atoms with van der Waals surface area (Å²) in [6.45, 7) is 0.312. The second-order valence-corrected chi connectivity index (χ2v) is 9.35. The van der Waals surface area contributed by atoms with E-state index in [1.54, 1.807) is 42.5 Å². The Kier molecular flexibility index (Phi) is 5.17. The zero-order valence-corrected chi connectivity index (χ0v) is 17.2. The van der Waals surface area contributed by atoms with E-state index in [9.17, 15) is 22.8 Å². The molecule has 2 aliphatic rings. The Morgan fingerprint density at radius 2 is 1.67 bits per heavy atom. The Morgan fingerprint density at radius 3 is 2.30 bits per heavy atom. The molecule has 0 saturated carbocycles. The molecule has 30 heavy (non-hydrogen) atoms. The van der Waals surface area contributed by atoms with Crippen LogP contribution in [0.3, 0.4) is 0 Å². The molecule has 9 heteroatoms. The molecule has 0 aliphatic carbocycles. The van der Waals surface area contributed by atoms with E-state index in [-0.39, 0.29) is 0 Å². The van der Waals surface area contributed by atoms with Gasteiger partial charge in [0.2, 0.25) is 15.9 Å². The average Bonchev–Trinajstić information content (AvgIpc) is 2.98. The number of nitrogens with zero attached hydrogens (tertiary/aromatic N) is 2. The molecule has 1 saturated heterocycles. The van der Waals surface area contributed by atoms with Crippen LogP contribution in [-0.2, 0) is 14.8 Å². The monoisotopic (exact) mass is 427 g/mol. The summed E-state index contributed by atoms with van der Waals surface area (Å²) in [6.07, 6.45) is 3.02. The third kappa shape index (κ3) is 3.61. The van der Waals surface area contributed by atoms with Crippen molar-refractivity contribution in [3.8, 4) is 0 Å². The zero-order valence-electron chi connectivity index (χ0n) is 16.4. The maximum Gasteiger partial charge on any atom is 0.266 e. The summed E-state index contributed by atoms with van der Waals surface area (Å²) in [4.78, 5) is 39.2. The number of carbonyl (C=O) groups is 3. The van der Waals surface area contributed by atoms with Crippen molar-refractivity contribution in [2.24, 2.45) is 0 Å². The summed E-state index contributed by atoms with van der Waals surface area (Å²) in [5.41, 5.74) is 1.39. The van der Waals surface area contributed by atoms with Gasteiger partial charge < -0.3 is 5.32 Å². The van der Waals surface area contributed by atoms with Crippen LogP contribution in [0.2, 0.25) is 0 Å². The first-order valence-corrected chi connectivity index (χ1v) is 11.5. The first-order chi connectivity index (χ1) is 14.3. The number of rotatable bonds is 4. The van der Waals surface area contributed by atoms with Gasteiger partial charge in [-0.15, -0.1) is 0 Å². The fraction of sp³-hybridized carbons (Fsp3) is 0.286. The first kappa shape index (κ1) is 20.2. The number of anilines is 2. The van der Waals surface area contributed by atoms with Gasteiger partial charge >= 0.3 is 0 Å². The molecule has 0 aromatic heterocycles. The number of sulfonamides is 1. The maximum atomic E-state index is 12.8. The van der Waals surface area contributed by atoms with Crippen LogP contribution in [0.25, 0.3) is 0 Å². The molecule has 0 spiro atoms. The van der Waals surface area contributed by atoms with Crippen LogP contribution in [0.15, 0.2) is 48.5 Å². The molecule has 4 rings (SSSR count). The van der Waals surface area contributed by atoms with Gasteiger partial charge in [-0.2, -0.15) is 4.31 Å². The van der Waals surface area contributed by atoms with Gasteiger partial charge in [-0.05, 0) is 43.2 Å². The van der Waals surface area contributed by atoms with Crippen molar-refractivity contribution >= 4 is 39.1 Å². The number of carbonyl (C=O) groups excluding carboxylic acids is 3. The van der Waals surface area contributed by atoms with Crippen molar-refractivity contribution in [3.05, 3.63) is 59.7 Å². The highest BCUT2D eigenvalue weighted by Crippen LogP contribution is 2.30. The maximum absolute atomic E-state index is 12.8. The van der Waals surface area contributed by atoms with Gasteiger partial charge in [0.25, 0.3) is 11.8 Å². The van der Waals surface area contributed by atoms with Gasteiger partial charge in [-0.1, -0.05) is 24.6 Å². The largest absolute Gasteiger partial charge is 0.325 e. The number of benzene rings is 2. The van der Waals surface area contributed by atoms with E-state index in [1.165, 1.54) is 10.4 Å². The molecular formula is C21H21N3O5S. The van der Waals surface area contributed by atoms with Crippen LogP contribution in [0.5, 0.6) is 0 Å². The van der Waals surface area contributed by atoms with Gasteiger partial charge in [0, 0.05) is 12.2 Å². The lowest BCUT2D eigenvalue weighted by atomic mass is 10.0. The van der Waals surface area contributed by atoms with E-state index >= 15 is 0 Å². The quantitative estimate of drug-likeness (QED) is 0.754. The second-order valence-electron chi connectivity index (χ2n) is 7.42. The molecule has 2 aliphatic heterocycles. The molecule has 2 aromatic carbocycles. The van der Waals surface area contributed by atoms with E-state index in [2.05, 4.69) is 5.32 Å². The van der Waals surface area contributed by atoms with Crippen LogP contribution >= 0.6 is 0 Å². The molecule has 2 heterocycles. The van der Waals surface area contributed by atoms with E-state index < -0.39 is 33.8 Å². The molecule has 3 amide bonds. The van der Waals surface area contributed by atoms with Gasteiger partial charge in [0.15, 0.2) is 0 Å². The van der Waals surface area contributed by atoms with Gasteiger partial charge in [0.05, 0.1) is 23.1 Å². The van der Waals surface area contributed by atoms with E-state index in [0.29, 0.717) is 41.9 Å². The van der Waals surface area contributed by atoms with Crippen molar-refractivity contribution in [3.63, 3.8) is 0 Å². The van der Waals surface area contributed by atoms with Crippen LogP contribution in [0, 0.1) is 0 Å². The topological polar surface area (TPSA) is 104 Å². The number of imide groups is 1. The van der Waals surface area contributed by atoms with Crippen molar-refractivity contribution in [2.75, 3.05) is 23.0 Å². The Labute approximate surface area is 174 Å². The van der Waals surface area contributed by atoms with Crippen LogP contribution in [-0.4, -0.2) is 49.3 Å². The number of amides is 3. The highest BCUT2D eigenvalue weighted by Gasteiger charge is 2.37. The van der Waals surface area contributed by atoms with Crippen molar-refractivity contribution in [2.45, 2.75) is 25.3 Å². The standard InChI is InChI=1S/C21H21N3O5S/c1-30(28,29)23-12-5-4-11-18(23)19(25)22-14-7-6-8-15(13-14)24-20(26)16-9-2-3-10-17(16)21(24)27/h2-3,6-10,13,18H,4-5,11-12H2,1H3,(H,22,25). The third-order valence-electron chi connectivity index (χ3n) is 5.35. The fourth-order valence-corrected chi connectivity index (χ4v) is 5.06. The van der Waals surface area contributed by atoms with Crippen molar-refractivity contribution in [1.29, 1.82) is 0 Å². The smallest absolute Gasteiger partial charge is 0.266 e. The third-order valence-corrected chi connectivity index (χ3v) is 6.64. The summed E-state index contributed by atoms with van der Waals surface area (Å²) in [7, 11) is -3.50. The molecule has 2 aromatic rings. The minimum Gasteiger partial charge on any atom is -0.325 e. The fourth-order valence-electron chi connectivity index (χ4n) is 3.94. The van der Waals surface area contributed by atoms with E-state index in [0.717, 1.165) is 17.6 Å². The Hall–Kier alpha value is -3.04. The van der Waals surface area contributed by atoms with Crippen LogP contribution < -0.4 is 10.2 Å². The number of piperidine rings is 1. The molecule has 1 atom stereocenters. The number of hydrogen-bond donors (Lipinski definition) is 1. The van der Waals surface area contributed by atoms with Gasteiger partial charge in [0.1, 0.15) is 6.04 Å². The molecule has 156 valence electrons. The molecule has 0 bridgehead atoms. The summed E-state index contributed by atoms with van der Waals surface area (Å²) < 4.78 is 25.3. The second kappa shape index (κ2) is 7.66. The van der Waals surface area contributed by atoms with E-state index in [4.69, 9.17) is 0 Å². The minimum absolute atomic E-state index is 0.312.